The van der Waals surface area contributed by atoms with E-state index in [4.69, 9.17) is 19.2 Å². The molecule has 0 aliphatic heterocycles. The van der Waals surface area contributed by atoms with Gasteiger partial charge in [0.2, 0.25) is 0 Å². The highest BCUT2D eigenvalue weighted by Gasteiger charge is 2.17. The first kappa shape index (κ1) is 26.8. The van der Waals surface area contributed by atoms with E-state index in [0.717, 1.165) is 40.9 Å². The summed E-state index contributed by atoms with van der Waals surface area (Å²) in [5.74, 6) is 3.05. The molecule has 0 spiro atoms. The van der Waals surface area contributed by atoms with E-state index in [1.54, 1.807) is 21.3 Å². The Bertz CT molecular complexity index is 830. The molecule has 0 amide bonds. The van der Waals surface area contributed by atoms with Gasteiger partial charge in [-0.1, -0.05) is 18.2 Å². The Morgan fingerprint density at radius 3 is 2.32 bits per heavy atom. The first-order chi connectivity index (χ1) is 14.5. The lowest BCUT2D eigenvalue weighted by Crippen LogP contribution is -2.41. The van der Waals surface area contributed by atoms with Crippen LogP contribution in [0.1, 0.15) is 24.1 Å². The molecule has 172 valence electrons. The van der Waals surface area contributed by atoms with Crippen molar-refractivity contribution in [3.8, 4) is 17.2 Å². The van der Waals surface area contributed by atoms with Crippen LogP contribution in [-0.2, 0) is 6.54 Å². The van der Waals surface area contributed by atoms with Gasteiger partial charge in [0.05, 0.1) is 33.9 Å². The van der Waals surface area contributed by atoms with Crippen LogP contribution in [0.2, 0.25) is 0 Å². The van der Waals surface area contributed by atoms with Gasteiger partial charge in [0.1, 0.15) is 5.75 Å². The summed E-state index contributed by atoms with van der Waals surface area (Å²) in [6.07, 6.45) is 0. The number of halogens is 1. The second-order valence-electron chi connectivity index (χ2n) is 7.02. The van der Waals surface area contributed by atoms with Crippen LogP contribution in [0.25, 0.3) is 0 Å². The van der Waals surface area contributed by atoms with Crippen LogP contribution in [-0.4, -0.2) is 59.4 Å². The van der Waals surface area contributed by atoms with E-state index in [9.17, 15) is 0 Å². The summed E-state index contributed by atoms with van der Waals surface area (Å²) in [6.45, 7) is 4.09. The smallest absolute Gasteiger partial charge is 0.191 e. The molecule has 1 atom stereocenters. The molecular weight excluding hydrogens is 507 g/mol. The molecule has 0 aliphatic carbocycles. The molecule has 0 saturated carbocycles. The lowest BCUT2D eigenvalue weighted by Gasteiger charge is -2.26. The third-order valence-corrected chi connectivity index (χ3v) is 4.78. The Balaban J connectivity index is 0.00000480. The van der Waals surface area contributed by atoms with Crippen molar-refractivity contribution in [3.63, 3.8) is 0 Å². The summed E-state index contributed by atoms with van der Waals surface area (Å²) in [4.78, 5) is 6.89. The Morgan fingerprint density at radius 1 is 0.968 bits per heavy atom. The van der Waals surface area contributed by atoms with Crippen molar-refractivity contribution in [3.05, 3.63) is 53.6 Å². The predicted octanol–water partition coefficient (Wildman–Crippen LogP) is 3.69. The van der Waals surface area contributed by atoms with Crippen molar-refractivity contribution in [1.82, 2.24) is 15.5 Å². The van der Waals surface area contributed by atoms with Crippen LogP contribution in [0, 0.1) is 0 Å². The predicted molar refractivity (Wildman–Crippen MR) is 137 cm³/mol. The van der Waals surface area contributed by atoms with E-state index in [1.807, 2.05) is 36.4 Å². The zero-order valence-corrected chi connectivity index (χ0v) is 21.6. The van der Waals surface area contributed by atoms with Gasteiger partial charge in [-0.2, -0.15) is 0 Å². The van der Waals surface area contributed by atoms with Gasteiger partial charge in [0, 0.05) is 13.1 Å². The van der Waals surface area contributed by atoms with Crippen LogP contribution in [0.3, 0.4) is 0 Å². The lowest BCUT2D eigenvalue weighted by atomic mass is 10.1. The summed E-state index contributed by atoms with van der Waals surface area (Å²) in [5.41, 5.74) is 2.23. The highest BCUT2D eigenvalue weighted by atomic mass is 127. The van der Waals surface area contributed by atoms with Gasteiger partial charge in [0.15, 0.2) is 17.5 Å². The first-order valence-corrected chi connectivity index (χ1v) is 10.1. The third kappa shape index (κ3) is 8.10. The van der Waals surface area contributed by atoms with E-state index in [2.05, 4.69) is 42.6 Å². The number of guanidine groups is 1. The van der Waals surface area contributed by atoms with Crippen molar-refractivity contribution in [2.45, 2.75) is 19.5 Å². The molecule has 0 saturated heterocycles. The average Bonchev–Trinajstić information content (AvgIpc) is 2.77. The van der Waals surface area contributed by atoms with Gasteiger partial charge >= 0.3 is 0 Å². The fourth-order valence-electron chi connectivity index (χ4n) is 3.13. The van der Waals surface area contributed by atoms with E-state index in [1.165, 1.54) is 0 Å². The molecule has 1 unspecified atom stereocenters. The standard InChI is InChI=1S/C23H34N4O3.HI/c1-7-24-23(25-15-17-9-8-10-19(13-17)28-4)26-16-20(27(2)3)18-11-12-21(29-5)22(14-18)30-6;/h8-14,20H,7,15-16H2,1-6H3,(H2,24,25,26);1H. The highest BCUT2D eigenvalue weighted by molar-refractivity contribution is 14.0. The van der Waals surface area contributed by atoms with E-state index >= 15 is 0 Å². The summed E-state index contributed by atoms with van der Waals surface area (Å²) in [6, 6.07) is 14.1. The summed E-state index contributed by atoms with van der Waals surface area (Å²) < 4.78 is 16.1. The molecule has 0 radical (unpaired) electrons. The summed E-state index contributed by atoms with van der Waals surface area (Å²) >= 11 is 0. The summed E-state index contributed by atoms with van der Waals surface area (Å²) in [5, 5.41) is 6.77. The zero-order chi connectivity index (χ0) is 21.9. The van der Waals surface area contributed by atoms with Crippen LogP contribution in [0.15, 0.2) is 47.5 Å². The Kier molecular flexibility index (Phi) is 12.1. The molecule has 8 heteroatoms. The van der Waals surface area contributed by atoms with E-state index in [-0.39, 0.29) is 30.0 Å². The third-order valence-electron chi connectivity index (χ3n) is 4.78. The Hall–Kier alpha value is -2.20. The van der Waals surface area contributed by atoms with E-state index < -0.39 is 0 Å². The molecule has 31 heavy (non-hydrogen) atoms. The number of hydrogen-bond acceptors (Lipinski definition) is 5. The normalized spacial score (nSPS) is 12.0. The van der Waals surface area contributed by atoms with Crippen molar-refractivity contribution in [2.24, 2.45) is 4.99 Å². The molecule has 7 nitrogen and oxygen atoms in total. The van der Waals surface area contributed by atoms with Crippen LogP contribution >= 0.6 is 24.0 Å². The summed E-state index contributed by atoms with van der Waals surface area (Å²) in [7, 11) is 9.08. The van der Waals surface area contributed by atoms with Crippen LogP contribution < -0.4 is 24.8 Å². The number of ether oxygens (including phenoxy) is 3. The number of nitrogens with one attached hydrogen (secondary N) is 2. The second kappa shape index (κ2) is 14.0. The molecule has 2 rings (SSSR count). The van der Waals surface area contributed by atoms with Crippen molar-refractivity contribution < 1.29 is 14.2 Å². The van der Waals surface area contributed by atoms with Gasteiger partial charge in [0.25, 0.3) is 0 Å². The molecule has 2 aromatic rings. The number of methoxy groups -OCH3 is 3. The van der Waals surface area contributed by atoms with Gasteiger partial charge < -0.3 is 29.7 Å². The molecule has 0 aliphatic rings. The van der Waals surface area contributed by atoms with Gasteiger partial charge in [-0.05, 0) is 56.4 Å². The van der Waals surface area contributed by atoms with Gasteiger partial charge in [-0.15, -0.1) is 24.0 Å². The van der Waals surface area contributed by atoms with Crippen molar-refractivity contribution >= 4 is 29.9 Å². The van der Waals surface area contributed by atoms with E-state index in [0.29, 0.717) is 13.1 Å². The fraction of sp³-hybridized carbons (Fsp3) is 0.435. The van der Waals surface area contributed by atoms with Crippen LogP contribution in [0.5, 0.6) is 17.2 Å². The Labute approximate surface area is 203 Å². The fourth-order valence-corrected chi connectivity index (χ4v) is 3.13. The molecule has 0 fully saturated rings. The monoisotopic (exact) mass is 542 g/mol. The molecule has 0 heterocycles. The minimum atomic E-state index is 0. The second-order valence-corrected chi connectivity index (χ2v) is 7.02. The number of nitrogens with zero attached hydrogens (tertiary/aromatic N) is 2. The maximum absolute atomic E-state index is 5.47. The average molecular weight is 542 g/mol. The number of hydrogen-bond donors (Lipinski definition) is 2. The largest absolute Gasteiger partial charge is 0.497 e. The molecule has 0 aromatic heterocycles. The lowest BCUT2D eigenvalue weighted by molar-refractivity contribution is 0.295. The maximum atomic E-state index is 5.47. The Morgan fingerprint density at radius 2 is 1.71 bits per heavy atom. The number of likely N-dealkylation sites (N-methyl/N-ethyl adjacent to an activating group) is 1. The minimum Gasteiger partial charge on any atom is -0.497 e. The zero-order valence-electron chi connectivity index (χ0n) is 19.3. The topological polar surface area (TPSA) is 67.4 Å². The molecular formula is C23H35IN4O3. The SMILES string of the molecule is CCNC(=NCc1cccc(OC)c1)NCC(c1ccc(OC)c(OC)c1)N(C)C.I. The maximum Gasteiger partial charge on any atom is 0.191 e. The van der Waals surface area contributed by atoms with Crippen LogP contribution in [0.4, 0.5) is 0 Å². The van der Waals surface area contributed by atoms with Gasteiger partial charge in [-0.25, -0.2) is 4.99 Å². The number of rotatable bonds is 10. The number of benzene rings is 2. The minimum absolute atomic E-state index is 0. The van der Waals surface area contributed by atoms with Crippen molar-refractivity contribution in [2.75, 3.05) is 48.5 Å². The molecule has 2 N–H and O–H groups in total. The first-order valence-electron chi connectivity index (χ1n) is 10.1. The highest BCUT2D eigenvalue weighted by Crippen LogP contribution is 2.31. The van der Waals surface area contributed by atoms with Gasteiger partial charge in [-0.3, -0.25) is 0 Å². The number of aliphatic imine (C=N–C) groups is 1. The quantitative estimate of drug-likeness (QED) is 0.271. The molecule has 2 aromatic carbocycles. The molecule has 0 bridgehead atoms. The van der Waals surface area contributed by atoms with Crippen molar-refractivity contribution in [1.29, 1.82) is 0 Å².